The van der Waals surface area contributed by atoms with Gasteiger partial charge in [-0.1, -0.05) is 24.3 Å². The SMILES string of the molecule is O=C(O)/C=C/c1cc(CCCCNS(=O)(=O)c2ccccc2)c(Cc2cccnc2)s1. The van der Waals surface area contributed by atoms with Crippen LogP contribution in [0, 0.1) is 0 Å². The highest BCUT2D eigenvalue weighted by Crippen LogP contribution is 2.27. The molecule has 6 nitrogen and oxygen atoms in total. The van der Waals surface area contributed by atoms with Gasteiger partial charge in [0, 0.05) is 41.2 Å². The van der Waals surface area contributed by atoms with E-state index in [0.717, 1.165) is 41.3 Å². The lowest BCUT2D eigenvalue weighted by Crippen LogP contribution is -2.24. The maximum Gasteiger partial charge on any atom is 0.328 e. The number of aromatic nitrogens is 1. The molecule has 8 heteroatoms. The number of sulfonamides is 1. The van der Waals surface area contributed by atoms with Gasteiger partial charge in [-0.15, -0.1) is 11.3 Å². The Morgan fingerprint density at radius 2 is 1.94 bits per heavy atom. The summed E-state index contributed by atoms with van der Waals surface area (Å²) >= 11 is 1.57. The number of carboxylic acids is 1. The molecule has 0 atom stereocenters. The van der Waals surface area contributed by atoms with Crippen molar-refractivity contribution in [2.24, 2.45) is 0 Å². The predicted molar refractivity (Wildman–Crippen MR) is 123 cm³/mol. The maximum atomic E-state index is 12.3. The Kier molecular flexibility index (Phi) is 8.11. The molecule has 3 rings (SSSR count). The highest BCUT2D eigenvalue weighted by atomic mass is 32.2. The Balaban J connectivity index is 1.59. The van der Waals surface area contributed by atoms with Crippen molar-refractivity contribution in [3.05, 3.63) is 87.9 Å². The van der Waals surface area contributed by atoms with Crippen molar-refractivity contribution >= 4 is 33.4 Å². The van der Waals surface area contributed by atoms with Gasteiger partial charge >= 0.3 is 5.97 Å². The van der Waals surface area contributed by atoms with Crippen LogP contribution in [-0.2, 0) is 27.7 Å². The van der Waals surface area contributed by atoms with Crippen molar-refractivity contribution in [3.63, 3.8) is 0 Å². The molecule has 0 radical (unpaired) electrons. The zero-order chi connectivity index (χ0) is 22.1. The molecule has 0 unspecified atom stereocenters. The molecule has 0 aliphatic heterocycles. The summed E-state index contributed by atoms with van der Waals surface area (Å²) in [6, 6.07) is 14.3. The van der Waals surface area contributed by atoms with E-state index in [4.69, 9.17) is 5.11 Å². The number of hydrogen-bond donors (Lipinski definition) is 2. The third-order valence-electron chi connectivity index (χ3n) is 4.61. The van der Waals surface area contributed by atoms with Crippen LogP contribution < -0.4 is 4.72 Å². The second kappa shape index (κ2) is 11.0. The van der Waals surface area contributed by atoms with E-state index in [9.17, 15) is 13.2 Å². The molecular weight excluding hydrogens is 432 g/mol. The Bertz CT molecular complexity index is 1120. The van der Waals surface area contributed by atoms with Gasteiger partial charge in [0.05, 0.1) is 4.90 Å². The number of rotatable bonds is 11. The fraction of sp³-hybridized carbons (Fsp3) is 0.217. The van der Waals surface area contributed by atoms with Gasteiger partial charge in [-0.3, -0.25) is 4.98 Å². The topological polar surface area (TPSA) is 96.4 Å². The normalized spacial score (nSPS) is 11.7. The van der Waals surface area contributed by atoms with E-state index in [1.165, 1.54) is 4.88 Å². The molecule has 0 aliphatic rings. The van der Waals surface area contributed by atoms with E-state index in [1.54, 1.807) is 53.9 Å². The molecule has 0 saturated carbocycles. The lowest BCUT2D eigenvalue weighted by molar-refractivity contribution is -0.131. The standard InChI is InChI=1S/C23H24N2O4S2/c26-23(27)12-11-20-16-19(22(30-20)15-18-7-6-13-24-17-18)8-4-5-14-25-31(28,29)21-9-2-1-3-10-21/h1-3,6-7,9-13,16-17,25H,4-5,8,14-15H2,(H,26,27)/b12-11+. The average molecular weight is 457 g/mol. The van der Waals surface area contributed by atoms with Gasteiger partial charge in [0.1, 0.15) is 0 Å². The minimum absolute atomic E-state index is 0.265. The molecule has 3 aromatic rings. The monoisotopic (exact) mass is 456 g/mol. The quantitative estimate of drug-likeness (QED) is 0.334. The summed E-state index contributed by atoms with van der Waals surface area (Å²) in [6.07, 6.45) is 9.35. The lowest BCUT2D eigenvalue weighted by Gasteiger charge is -2.07. The van der Waals surface area contributed by atoms with E-state index in [2.05, 4.69) is 9.71 Å². The number of carbonyl (C=O) groups is 1. The summed E-state index contributed by atoms with van der Waals surface area (Å²) in [4.78, 5) is 17.3. The van der Waals surface area contributed by atoms with E-state index in [0.29, 0.717) is 13.0 Å². The van der Waals surface area contributed by atoms with Crippen LogP contribution in [0.15, 0.2) is 71.9 Å². The zero-order valence-electron chi connectivity index (χ0n) is 16.9. The van der Waals surface area contributed by atoms with E-state index in [1.807, 2.05) is 24.4 Å². The highest BCUT2D eigenvalue weighted by Gasteiger charge is 2.13. The Morgan fingerprint density at radius 1 is 1.13 bits per heavy atom. The summed E-state index contributed by atoms with van der Waals surface area (Å²) in [6.45, 7) is 0.366. The third kappa shape index (κ3) is 7.13. The molecule has 0 saturated heterocycles. The predicted octanol–water partition coefficient (Wildman–Crippen LogP) is 4.13. The van der Waals surface area contributed by atoms with Crippen LogP contribution in [0.1, 0.15) is 33.7 Å². The number of carboxylic acid groups (broad SMARTS) is 1. The van der Waals surface area contributed by atoms with Crippen molar-refractivity contribution in [2.75, 3.05) is 6.54 Å². The molecule has 0 bridgehead atoms. The van der Waals surface area contributed by atoms with Gasteiger partial charge < -0.3 is 5.11 Å². The number of benzene rings is 1. The van der Waals surface area contributed by atoms with Gasteiger partial charge in [-0.05, 0) is 60.7 Å². The summed E-state index contributed by atoms with van der Waals surface area (Å²) < 4.78 is 27.2. The van der Waals surface area contributed by atoms with Crippen LogP contribution in [0.4, 0.5) is 0 Å². The smallest absolute Gasteiger partial charge is 0.328 e. The molecule has 0 fully saturated rings. The largest absolute Gasteiger partial charge is 0.478 e. The molecule has 1 aromatic carbocycles. The first-order valence-corrected chi connectivity index (χ1v) is 12.2. The number of aryl methyl sites for hydroxylation is 1. The summed E-state index contributed by atoms with van der Waals surface area (Å²) in [5, 5.41) is 8.89. The molecule has 2 N–H and O–H groups in total. The van der Waals surface area contributed by atoms with Crippen LogP contribution >= 0.6 is 11.3 Å². The number of aliphatic carboxylic acids is 1. The second-order valence-corrected chi connectivity index (χ2v) is 9.91. The van der Waals surface area contributed by atoms with Crippen molar-refractivity contribution in [1.29, 1.82) is 0 Å². The van der Waals surface area contributed by atoms with Crippen molar-refractivity contribution in [3.8, 4) is 0 Å². The van der Waals surface area contributed by atoms with E-state index >= 15 is 0 Å². The van der Waals surface area contributed by atoms with Crippen LogP contribution in [0.25, 0.3) is 6.08 Å². The second-order valence-electron chi connectivity index (χ2n) is 6.97. The fourth-order valence-corrected chi connectivity index (χ4v) is 5.35. The number of nitrogens with one attached hydrogen (secondary N) is 1. The van der Waals surface area contributed by atoms with Crippen molar-refractivity contribution in [1.82, 2.24) is 9.71 Å². The van der Waals surface area contributed by atoms with E-state index in [-0.39, 0.29) is 4.90 Å². The first-order valence-electron chi connectivity index (χ1n) is 9.90. The first kappa shape index (κ1) is 22.9. The first-order chi connectivity index (χ1) is 14.9. The zero-order valence-corrected chi connectivity index (χ0v) is 18.5. The summed E-state index contributed by atoms with van der Waals surface area (Å²) in [5.41, 5.74) is 2.25. The van der Waals surface area contributed by atoms with Gasteiger partial charge in [-0.2, -0.15) is 0 Å². The minimum Gasteiger partial charge on any atom is -0.478 e. The summed E-state index contributed by atoms with van der Waals surface area (Å²) in [5.74, 6) is -0.977. The minimum atomic E-state index is -3.49. The number of unbranched alkanes of at least 4 members (excludes halogenated alkanes) is 1. The highest BCUT2D eigenvalue weighted by molar-refractivity contribution is 7.89. The molecule has 2 aromatic heterocycles. The average Bonchev–Trinajstić information content (AvgIpc) is 3.15. The van der Waals surface area contributed by atoms with E-state index < -0.39 is 16.0 Å². The Morgan fingerprint density at radius 3 is 2.65 bits per heavy atom. The third-order valence-corrected chi connectivity index (χ3v) is 7.23. The van der Waals surface area contributed by atoms with Crippen LogP contribution in [0.5, 0.6) is 0 Å². The molecule has 31 heavy (non-hydrogen) atoms. The maximum absolute atomic E-state index is 12.3. The summed E-state index contributed by atoms with van der Waals surface area (Å²) in [7, 11) is -3.49. The van der Waals surface area contributed by atoms with Crippen molar-refractivity contribution < 1.29 is 18.3 Å². The molecule has 0 aliphatic carbocycles. The molecule has 0 spiro atoms. The van der Waals surface area contributed by atoms with Gasteiger partial charge in [-0.25, -0.2) is 17.9 Å². The van der Waals surface area contributed by atoms with Crippen LogP contribution in [0.3, 0.4) is 0 Å². The number of pyridine rings is 1. The van der Waals surface area contributed by atoms with Gasteiger partial charge in [0.25, 0.3) is 0 Å². The number of nitrogens with zero attached hydrogens (tertiary/aromatic N) is 1. The Labute approximate surface area is 186 Å². The lowest BCUT2D eigenvalue weighted by atomic mass is 10.0. The van der Waals surface area contributed by atoms with Gasteiger partial charge in [0.2, 0.25) is 10.0 Å². The molecule has 2 heterocycles. The molecule has 162 valence electrons. The number of hydrogen-bond acceptors (Lipinski definition) is 5. The van der Waals surface area contributed by atoms with Crippen LogP contribution in [0.2, 0.25) is 0 Å². The van der Waals surface area contributed by atoms with Crippen molar-refractivity contribution in [2.45, 2.75) is 30.6 Å². The van der Waals surface area contributed by atoms with Crippen LogP contribution in [-0.4, -0.2) is 31.0 Å². The Hall–Kier alpha value is -2.81. The molecule has 0 amide bonds. The fourth-order valence-electron chi connectivity index (χ4n) is 3.10. The molecular formula is C23H24N2O4S2. The van der Waals surface area contributed by atoms with Gasteiger partial charge in [0.15, 0.2) is 0 Å². The number of thiophene rings is 1.